The largest absolute Gasteiger partial charge is 0.396 e. The molecule has 0 aromatic carbocycles. The fourth-order valence-electron chi connectivity index (χ4n) is 2.77. The Kier molecular flexibility index (Phi) is 1.90. The summed E-state index contributed by atoms with van der Waals surface area (Å²) >= 11 is 0. The number of nitrogens with zero attached hydrogens (tertiary/aromatic N) is 1. The molecule has 2 fully saturated rings. The molecule has 0 aliphatic carbocycles. The lowest BCUT2D eigenvalue weighted by molar-refractivity contribution is 0.172. The molecule has 1 N–H and O–H groups in total. The Morgan fingerprint density at radius 1 is 1.36 bits per heavy atom. The molecule has 3 atom stereocenters. The first-order valence-corrected chi connectivity index (χ1v) is 4.68. The summed E-state index contributed by atoms with van der Waals surface area (Å²) in [5.74, 6) is 1.39. The molecule has 2 heteroatoms. The van der Waals surface area contributed by atoms with Gasteiger partial charge < -0.3 is 5.11 Å². The number of rotatable bonds is 1. The highest BCUT2D eigenvalue weighted by Crippen LogP contribution is 2.36. The molecule has 2 aliphatic rings. The molecule has 0 spiro atoms. The summed E-state index contributed by atoms with van der Waals surface area (Å²) in [4.78, 5) is 2.55. The summed E-state index contributed by atoms with van der Waals surface area (Å²) in [6, 6.07) is 0.708. The zero-order chi connectivity index (χ0) is 7.84. The SMILES string of the molecule is C[C@@H]1CCN2CC[C@H](CO)[C@H]12. The predicted octanol–water partition coefficient (Wildman–Crippen LogP) is 0.709. The lowest BCUT2D eigenvalue weighted by Crippen LogP contribution is -2.31. The van der Waals surface area contributed by atoms with Gasteiger partial charge in [0.05, 0.1) is 0 Å². The van der Waals surface area contributed by atoms with E-state index in [0.29, 0.717) is 18.6 Å². The summed E-state index contributed by atoms with van der Waals surface area (Å²) in [7, 11) is 0. The number of aliphatic hydroxyl groups excluding tert-OH is 1. The van der Waals surface area contributed by atoms with Crippen molar-refractivity contribution in [2.45, 2.75) is 25.8 Å². The Morgan fingerprint density at radius 3 is 2.82 bits per heavy atom. The quantitative estimate of drug-likeness (QED) is 0.603. The average Bonchev–Trinajstić information content (AvgIpc) is 2.54. The Labute approximate surface area is 68.2 Å². The van der Waals surface area contributed by atoms with E-state index in [2.05, 4.69) is 11.8 Å². The van der Waals surface area contributed by atoms with Gasteiger partial charge in [0, 0.05) is 12.6 Å². The van der Waals surface area contributed by atoms with Gasteiger partial charge in [-0.05, 0) is 37.8 Å². The number of hydrogen-bond donors (Lipinski definition) is 1. The summed E-state index contributed by atoms with van der Waals surface area (Å²) in [5, 5.41) is 9.10. The van der Waals surface area contributed by atoms with E-state index in [1.165, 1.54) is 25.9 Å². The van der Waals surface area contributed by atoms with Gasteiger partial charge in [-0.25, -0.2) is 0 Å². The van der Waals surface area contributed by atoms with Crippen molar-refractivity contribution in [3.05, 3.63) is 0 Å². The van der Waals surface area contributed by atoms with Gasteiger partial charge in [0.2, 0.25) is 0 Å². The van der Waals surface area contributed by atoms with E-state index < -0.39 is 0 Å². The fourth-order valence-corrected chi connectivity index (χ4v) is 2.77. The first kappa shape index (κ1) is 7.56. The van der Waals surface area contributed by atoms with Crippen LogP contribution < -0.4 is 0 Å². The van der Waals surface area contributed by atoms with Crippen LogP contribution >= 0.6 is 0 Å². The van der Waals surface area contributed by atoms with Crippen LogP contribution in [0.15, 0.2) is 0 Å². The van der Waals surface area contributed by atoms with E-state index >= 15 is 0 Å². The monoisotopic (exact) mass is 155 g/mol. The first-order chi connectivity index (χ1) is 5.33. The summed E-state index contributed by atoms with van der Waals surface area (Å²) in [5.41, 5.74) is 0. The third-order valence-corrected chi connectivity index (χ3v) is 3.38. The molecule has 0 amide bonds. The number of hydrogen-bond acceptors (Lipinski definition) is 2. The van der Waals surface area contributed by atoms with Crippen molar-refractivity contribution in [1.29, 1.82) is 0 Å². The summed E-state index contributed by atoms with van der Waals surface area (Å²) in [6.07, 6.45) is 2.55. The fraction of sp³-hybridized carbons (Fsp3) is 1.00. The van der Waals surface area contributed by atoms with Gasteiger partial charge in [0.1, 0.15) is 0 Å². The van der Waals surface area contributed by atoms with Gasteiger partial charge in [-0.2, -0.15) is 0 Å². The zero-order valence-electron chi connectivity index (χ0n) is 7.16. The molecule has 2 rings (SSSR count). The topological polar surface area (TPSA) is 23.5 Å². The highest BCUT2D eigenvalue weighted by atomic mass is 16.3. The maximum atomic E-state index is 9.10. The summed E-state index contributed by atoms with van der Waals surface area (Å²) in [6.45, 7) is 5.20. The van der Waals surface area contributed by atoms with Gasteiger partial charge in [0.15, 0.2) is 0 Å². The van der Waals surface area contributed by atoms with E-state index in [-0.39, 0.29) is 0 Å². The molecule has 0 aromatic rings. The minimum Gasteiger partial charge on any atom is -0.396 e. The maximum absolute atomic E-state index is 9.10. The van der Waals surface area contributed by atoms with Gasteiger partial charge in [-0.1, -0.05) is 6.92 Å². The Balaban J connectivity index is 2.07. The van der Waals surface area contributed by atoms with Gasteiger partial charge in [-0.15, -0.1) is 0 Å². The van der Waals surface area contributed by atoms with E-state index in [9.17, 15) is 0 Å². The molecule has 0 saturated carbocycles. The van der Waals surface area contributed by atoms with Crippen molar-refractivity contribution in [3.8, 4) is 0 Å². The molecule has 11 heavy (non-hydrogen) atoms. The molecule has 0 radical (unpaired) electrons. The molecule has 2 heterocycles. The summed E-state index contributed by atoms with van der Waals surface area (Å²) < 4.78 is 0. The molecule has 0 aromatic heterocycles. The highest BCUT2D eigenvalue weighted by molar-refractivity contribution is 4.94. The van der Waals surface area contributed by atoms with Crippen molar-refractivity contribution >= 4 is 0 Å². The van der Waals surface area contributed by atoms with Crippen LogP contribution in [0.5, 0.6) is 0 Å². The molecular weight excluding hydrogens is 138 g/mol. The lowest BCUT2D eigenvalue weighted by atomic mass is 9.92. The Bertz CT molecular complexity index is 148. The lowest BCUT2D eigenvalue weighted by Gasteiger charge is -2.22. The Hall–Kier alpha value is -0.0800. The number of aliphatic hydroxyl groups is 1. The second-order valence-corrected chi connectivity index (χ2v) is 4.02. The van der Waals surface area contributed by atoms with Crippen LogP contribution in [0.2, 0.25) is 0 Å². The Morgan fingerprint density at radius 2 is 2.09 bits per heavy atom. The van der Waals surface area contributed by atoms with Crippen molar-refractivity contribution in [2.75, 3.05) is 19.7 Å². The van der Waals surface area contributed by atoms with Crippen LogP contribution in [-0.4, -0.2) is 35.7 Å². The molecule has 0 unspecified atom stereocenters. The van der Waals surface area contributed by atoms with Crippen molar-refractivity contribution in [2.24, 2.45) is 11.8 Å². The van der Waals surface area contributed by atoms with Crippen LogP contribution in [-0.2, 0) is 0 Å². The zero-order valence-corrected chi connectivity index (χ0v) is 7.16. The standard InChI is InChI=1S/C9H17NO/c1-7-2-4-10-5-3-8(6-11)9(7)10/h7-9,11H,2-6H2,1H3/t7-,8-,9+/m1/s1. The van der Waals surface area contributed by atoms with E-state index in [1.807, 2.05) is 0 Å². The van der Waals surface area contributed by atoms with Crippen LogP contribution in [0.25, 0.3) is 0 Å². The van der Waals surface area contributed by atoms with E-state index in [0.717, 1.165) is 5.92 Å². The molecule has 0 bridgehead atoms. The third kappa shape index (κ3) is 1.09. The van der Waals surface area contributed by atoms with Crippen LogP contribution in [0.1, 0.15) is 19.8 Å². The predicted molar refractivity (Wildman–Crippen MR) is 44.3 cm³/mol. The van der Waals surface area contributed by atoms with Gasteiger partial charge in [0.25, 0.3) is 0 Å². The molecule has 2 nitrogen and oxygen atoms in total. The van der Waals surface area contributed by atoms with E-state index in [4.69, 9.17) is 5.11 Å². The molecule has 2 aliphatic heterocycles. The van der Waals surface area contributed by atoms with Crippen LogP contribution in [0.3, 0.4) is 0 Å². The van der Waals surface area contributed by atoms with Crippen molar-refractivity contribution in [1.82, 2.24) is 4.90 Å². The van der Waals surface area contributed by atoms with Crippen molar-refractivity contribution in [3.63, 3.8) is 0 Å². The minimum atomic E-state index is 0.394. The second-order valence-electron chi connectivity index (χ2n) is 4.02. The average molecular weight is 155 g/mol. The normalized spacial score (nSPS) is 44.7. The molecule has 2 saturated heterocycles. The van der Waals surface area contributed by atoms with E-state index in [1.54, 1.807) is 0 Å². The van der Waals surface area contributed by atoms with Crippen LogP contribution in [0, 0.1) is 11.8 Å². The van der Waals surface area contributed by atoms with Gasteiger partial charge >= 0.3 is 0 Å². The van der Waals surface area contributed by atoms with Crippen molar-refractivity contribution < 1.29 is 5.11 Å². The smallest absolute Gasteiger partial charge is 0.0474 e. The molecule has 64 valence electrons. The minimum absolute atomic E-state index is 0.394. The highest BCUT2D eigenvalue weighted by Gasteiger charge is 2.40. The first-order valence-electron chi connectivity index (χ1n) is 4.68. The molecular formula is C9H17NO. The van der Waals surface area contributed by atoms with Crippen LogP contribution in [0.4, 0.5) is 0 Å². The number of fused-ring (bicyclic) bond motifs is 1. The van der Waals surface area contributed by atoms with Gasteiger partial charge in [-0.3, -0.25) is 4.90 Å². The third-order valence-electron chi connectivity index (χ3n) is 3.38. The second kappa shape index (κ2) is 2.76. The maximum Gasteiger partial charge on any atom is 0.0474 e.